The molecule has 1 heterocycles. The first kappa shape index (κ1) is 18.2. The highest BCUT2D eigenvalue weighted by Gasteiger charge is 2.38. The molecule has 0 spiro atoms. The van der Waals surface area contributed by atoms with Crippen LogP contribution in [0.5, 0.6) is 0 Å². The number of carbonyl (C=O) groups excluding carboxylic acids is 1. The van der Waals surface area contributed by atoms with Crippen LogP contribution in [0.2, 0.25) is 0 Å². The lowest BCUT2D eigenvalue weighted by atomic mass is 9.77. The smallest absolute Gasteiger partial charge is 0.238 e. The molecule has 3 nitrogen and oxygen atoms in total. The maximum Gasteiger partial charge on any atom is 0.238 e. The van der Waals surface area contributed by atoms with Crippen molar-refractivity contribution in [2.45, 2.75) is 45.6 Å². The summed E-state index contributed by atoms with van der Waals surface area (Å²) in [4.78, 5) is 12.5. The first-order chi connectivity index (χ1) is 12.5. The van der Waals surface area contributed by atoms with Crippen LogP contribution in [0.15, 0.2) is 48.5 Å². The van der Waals surface area contributed by atoms with Crippen molar-refractivity contribution < 1.29 is 4.79 Å². The number of rotatable bonds is 4. The Labute approximate surface area is 156 Å². The van der Waals surface area contributed by atoms with Crippen molar-refractivity contribution in [2.75, 3.05) is 0 Å². The molecule has 1 aliphatic rings. The van der Waals surface area contributed by atoms with Gasteiger partial charge in [-0.1, -0.05) is 67.9 Å². The summed E-state index contributed by atoms with van der Waals surface area (Å²) >= 11 is 0. The van der Waals surface area contributed by atoms with Crippen molar-refractivity contribution in [3.8, 4) is 6.07 Å². The Hall–Kier alpha value is -2.60. The predicted molar refractivity (Wildman–Crippen MR) is 104 cm³/mol. The molecule has 0 aliphatic carbocycles. The average molecular weight is 346 g/mol. The van der Waals surface area contributed by atoms with E-state index in [1.807, 2.05) is 31.2 Å². The Morgan fingerprint density at radius 2 is 1.69 bits per heavy atom. The number of hydrogen-bond donors (Lipinski definition) is 1. The normalized spacial score (nSPS) is 22.7. The summed E-state index contributed by atoms with van der Waals surface area (Å²) in [5.74, 6) is -0.248. The van der Waals surface area contributed by atoms with Crippen LogP contribution in [-0.4, -0.2) is 5.91 Å². The molecule has 0 saturated carbocycles. The standard InChI is InChI=1S/C23H26N2O/c1-15(2)12-17-6-10-19(11-7-17)22-13-20(21(14-24)23(26)25-22)18-8-4-16(3)5-9-18/h4-11,15,20-22H,12-13H2,1-3H3,(H,25,26). The Balaban J connectivity index is 1.84. The molecule has 3 atom stereocenters. The molecular weight excluding hydrogens is 320 g/mol. The summed E-state index contributed by atoms with van der Waals surface area (Å²) in [6, 6.07) is 18.9. The lowest BCUT2D eigenvalue weighted by molar-refractivity contribution is -0.126. The van der Waals surface area contributed by atoms with Gasteiger partial charge in [0.15, 0.2) is 0 Å². The third-order valence-electron chi connectivity index (χ3n) is 5.16. The second-order valence-corrected chi connectivity index (χ2v) is 7.76. The second kappa shape index (κ2) is 7.74. The van der Waals surface area contributed by atoms with E-state index < -0.39 is 5.92 Å². The minimum absolute atomic E-state index is 0.0495. The van der Waals surface area contributed by atoms with Crippen molar-refractivity contribution in [3.63, 3.8) is 0 Å². The van der Waals surface area contributed by atoms with Gasteiger partial charge in [-0.2, -0.15) is 5.26 Å². The Kier molecular flexibility index (Phi) is 5.42. The molecule has 26 heavy (non-hydrogen) atoms. The number of carbonyl (C=O) groups is 1. The van der Waals surface area contributed by atoms with Crippen molar-refractivity contribution in [3.05, 3.63) is 70.8 Å². The van der Waals surface area contributed by atoms with Crippen LogP contribution in [0, 0.1) is 30.1 Å². The van der Waals surface area contributed by atoms with E-state index in [2.05, 4.69) is 49.5 Å². The lowest BCUT2D eigenvalue weighted by Gasteiger charge is -2.33. The fourth-order valence-electron chi connectivity index (χ4n) is 3.76. The summed E-state index contributed by atoms with van der Waals surface area (Å²) < 4.78 is 0. The molecule has 3 rings (SSSR count). The predicted octanol–water partition coefficient (Wildman–Crippen LogP) is 4.68. The Morgan fingerprint density at radius 3 is 2.27 bits per heavy atom. The molecule has 1 N–H and O–H groups in total. The van der Waals surface area contributed by atoms with Crippen LogP contribution in [0.25, 0.3) is 0 Å². The molecule has 1 aliphatic heterocycles. The van der Waals surface area contributed by atoms with Gasteiger partial charge in [0.25, 0.3) is 0 Å². The van der Waals surface area contributed by atoms with E-state index in [4.69, 9.17) is 0 Å². The minimum Gasteiger partial charge on any atom is -0.348 e. The minimum atomic E-state index is -0.630. The molecule has 134 valence electrons. The average Bonchev–Trinajstić information content (AvgIpc) is 2.62. The molecule has 2 aromatic carbocycles. The van der Waals surface area contributed by atoms with E-state index in [-0.39, 0.29) is 17.9 Å². The molecule has 1 amide bonds. The summed E-state index contributed by atoms with van der Waals surface area (Å²) in [7, 11) is 0. The van der Waals surface area contributed by atoms with E-state index in [1.54, 1.807) is 0 Å². The van der Waals surface area contributed by atoms with Crippen LogP contribution in [0.3, 0.4) is 0 Å². The quantitative estimate of drug-likeness (QED) is 0.874. The number of nitrogens with zero attached hydrogens (tertiary/aromatic N) is 1. The molecule has 1 fully saturated rings. The van der Waals surface area contributed by atoms with E-state index in [0.717, 1.165) is 24.0 Å². The number of benzene rings is 2. The first-order valence-electron chi connectivity index (χ1n) is 9.33. The highest BCUT2D eigenvalue weighted by molar-refractivity contribution is 5.83. The summed E-state index contributed by atoms with van der Waals surface area (Å²) in [5.41, 5.74) is 4.67. The van der Waals surface area contributed by atoms with Crippen molar-refractivity contribution in [2.24, 2.45) is 11.8 Å². The maximum atomic E-state index is 12.5. The van der Waals surface area contributed by atoms with E-state index in [9.17, 15) is 10.1 Å². The third-order valence-corrected chi connectivity index (χ3v) is 5.16. The zero-order valence-electron chi connectivity index (χ0n) is 15.7. The monoisotopic (exact) mass is 346 g/mol. The fraction of sp³-hybridized carbons (Fsp3) is 0.391. The number of hydrogen-bond acceptors (Lipinski definition) is 2. The number of nitriles is 1. The Bertz CT molecular complexity index is 800. The van der Waals surface area contributed by atoms with Crippen LogP contribution in [0.1, 0.15) is 54.5 Å². The van der Waals surface area contributed by atoms with Gasteiger partial charge in [-0.05, 0) is 42.4 Å². The van der Waals surface area contributed by atoms with Gasteiger partial charge in [0.2, 0.25) is 5.91 Å². The van der Waals surface area contributed by atoms with Crippen molar-refractivity contribution >= 4 is 5.91 Å². The molecule has 3 unspecified atom stereocenters. The van der Waals surface area contributed by atoms with Gasteiger partial charge in [-0.25, -0.2) is 0 Å². The van der Waals surface area contributed by atoms with Gasteiger partial charge in [0.1, 0.15) is 5.92 Å². The van der Waals surface area contributed by atoms with Gasteiger partial charge in [-0.3, -0.25) is 4.79 Å². The fourth-order valence-corrected chi connectivity index (χ4v) is 3.76. The van der Waals surface area contributed by atoms with Crippen LogP contribution in [0.4, 0.5) is 0 Å². The molecule has 2 aromatic rings. The molecule has 3 heteroatoms. The van der Waals surface area contributed by atoms with Crippen molar-refractivity contribution in [1.82, 2.24) is 5.32 Å². The first-order valence-corrected chi connectivity index (χ1v) is 9.33. The van der Waals surface area contributed by atoms with Gasteiger partial charge in [0, 0.05) is 5.92 Å². The highest BCUT2D eigenvalue weighted by Crippen LogP contribution is 2.38. The van der Waals surface area contributed by atoms with Crippen LogP contribution < -0.4 is 5.32 Å². The SMILES string of the molecule is Cc1ccc(C2CC(c3ccc(CC(C)C)cc3)NC(=O)C2C#N)cc1. The zero-order chi connectivity index (χ0) is 18.7. The maximum absolute atomic E-state index is 12.5. The summed E-state index contributed by atoms with van der Waals surface area (Å²) in [6.07, 6.45) is 1.80. The second-order valence-electron chi connectivity index (χ2n) is 7.76. The van der Waals surface area contributed by atoms with Crippen LogP contribution >= 0.6 is 0 Å². The number of piperidine rings is 1. The molecule has 0 aromatic heterocycles. The highest BCUT2D eigenvalue weighted by atomic mass is 16.2. The number of nitrogens with one attached hydrogen (secondary N) is 1. The summed E-state index contributed by atoms with van der Waals surface area (Å²) in [6.45, 7) is 6.47. The van der Waals surface area contributed by atoms with Gasteiger partial charge in [-0.15, -0.1) is 0 Å². The molecule has 0 bridgehead atoms. The van der Waals surface area contributed by atoms with Gasteiger partial charge in [0.05, 0.1) is 12.1 Å². The van der Waals surface area contributed by atoms with Gasteiger partial charge < -0.3 is 5.32 Å². The largest absolute Gasteiger partial charge is 0.348 e. The van der Waals surface area contributed by atoms with Crippen molar-refractivity contribution in [1.29, 1.82) is 5.26 Å². The van der Waals surface area contributed by atoms with Crippen LogP contribution in [-0.2, 0) is 11.2 Å². The Morgan fingerprint density at radius 1 is 1.08 bits per heavy atom. The van der Waals surface area contributed by atoms with E-state index >= 15 is 0 Å². The topological polar surface area (TPSA) is 52.9 Å². The molecular formula is C23H26N2O. The zero-order valence-corrected chi connectivity index (χ0v) is 15.7. The molecule has 0 radical (unpaired) electrons. The van der Waals surface area contributed by atoms with Gasteiger partial charge >= 0.3 is 0 Å². The molecule has 1 saturated heterocycles. The third kappa shape index (κ3) is 3.96. The summed E-state index contributed by atoms with van der Waals surface area (Å²) in [5, 5.41) is 12.6. The lowest BCUT2D eigenvalue weighted by Crippen LogP contribution is -2.42. The van der Waals surface area contributed by atoms with E-state index in [0.29, 0.717) is 5.92 Å². The number of amides is 1. The van der Waals surface area contributed by atoms with E-state index in [1.165, 1.54) is 11.1 Å². The number of aryl methyl sites for hydroxylation is 1.